The van der Waals surface area contributed by atoms with Gasteiger partial charge in [-0.05, 0) is 29.8 Å². The van der Waals surface area contributed by atoms with Crippen LogP contribution in [0.25, 0.3) is 0 Å². The average Bonchev–Trinajstić information content (AvgIpc) is 3.08. The molecule has 5 nitrogen and oxygen atoms in total. The van der Waals surface area contributed by atoms with Crippen molar-refractivity contribution in [3.05, 3.63) is 63.6 Å². The highest BCUT2D eigenvalue weighted by molar-refractivity contribution is 8.00. The van der Waals surface area contributed by atoms with Crippen LogP contribution in [0.5, 0.6) is 5.75 Å². The monoisotopic (exact) mass is 425 g/mol. The summed E-state index contributed by atoms with van der Waals surface area (Å²) in [5, 5.41) is 12.4. The van der Waals surface area contributed by atoms with Crippen molar-refractivity contribution in [3.63, 3.8) is 0 Å². The molecule has 0 radical (unpaired) electrons. The second-order valence-electron chi connectivity index (χ2n) is 5.05. The number of amides is 1. The van der Waals surface area contributed by atoms with Crippen LogP contribution in [0, 0.1) is 0 Å². The Bertz CT molecular complexity index is 934. The van der Waals surface area contributed by atoms with Gasteiger partial charge in [0.05, 0.1) is 12.7 Å². The van der Waals surface area contributed by atoms with Gasteiger partial charge in [-0.15, -0.1) is 10.2 Å². The van der Waals surface area contributed by atoms with Crippen LogP contribution in [0.2, 0.25) is 10.0 Å². The fourth-order valence-corrected chi connectivity index (χ4v) is 4.30. The number of thioether (sulfide) groups is 1. The fourth-order valence-electron chi connectivity index (χ4n) is 2.10. The summed E-state index contributed by atoms with van der Waals surface area (Å²) in [6.07, 6.45) is 0. The van der Waals surface area contributed by atoms with Gasteiger partial charge in [0.15, 0.2) is 4.34 Å². The highest BCUT2D eigenvalue weighted by Crippen LogP contribution is 2.31. The first-order valence-electron chi connectivity index (χ1n) is 7.41. The maximum Gasteiger partial charge on any atom is 0.261 e. The fraction of sp³-hybridized carbons (Fsp3) is 0.118. The number of rotatable bonds is 6. The van der Waals surface area contributed by atoms with Gasteiger partial charge in [-0.3, -0.25) is 10.1 Å². The summed E-state index contributed by atoms with van der Waals surface area (Å²) in [4.78, 5) is 12.4. The highest BCUT2D eigenvalue weighted by Gasteiger charge is 2.15. The largest absolute Gasteiger partial charge is 0.496 e. The zero-order chi connectivity index (χ0) is 18.5. The molecule has 1 amide bonds. The normalized spacial score (nSPS) is 10.6. The Balaban J connectivity index is 1.66. The SMILES string of the molecule is COc1ccc(Cl)cc1C(=O)Nc1nnc(SCc2ccccc2Cl)s1. The molecule has 0 saturated carbocycles. The molecule has 0 unspecified atom stereocenters. The molecule has 0 fully saturated rings. The van der Waals surface area contributed by atoms with E-state index in [0.29, 0.717) is 32.2 Å². The van der Waals surface area contributed by atoms with E-state index < -0.39 is 0 Å². The maximum absolute atomic E-state index is 12.4. The van der Waals surface area contributed by atoms with Crippen molar-refractivity contribution in [3.8, 4) is 5.75 Å². The van der Waals surface area contributed by atoms with E-state index in [0.717, 1.165) is 9.90 Å². The van der Waals surface area contributed by atoms with Crippen molar-refractivity contribution in [2.75, 3.05) is 12.4 Å². The molecule has 9 heteroatoms. The van der Waals surface area contributed by atoms with E-state index in [1.807, 2.05) is 24.3 Å². The molecule has 26 heavy (non-hydrogen) atoms. The van der Waals surface area contributed by atoms with Crippen LogP contribution in [-0.2, 0) is 5.75 Å². The summed E-state index contributed by atoms with van der Waals surface area (Å²) in [6.45, 7) is 0. The third-order valence-electron chi connectivity index (χ3n) is 3.34. The van der Waals surface area contributed by atoms with Crippen LogP contribution in [0.1, 0.15) is 15.9 Å². The summed E-state index contributed by atoms with van der Waals surface area (Å²) in [6, 6.07) is 12.5. The number of carbonyl (C=O) groups is 1. The Hall–Kier alpha value is -1.80. The number of anilines is 1. The summed E-state index contributed by atoms with van der Waals surface area (Å²) in [5.74, 6) is 0.748. The standard InChI is InChI=1S/C17H13Cl2N3O2S2/c1-24-14-7-6-11(18)8-12(14)15(23)20-16-21-22-17(26-16)25-9-10-4-2-3-5-13(10)19/h2-8H,9H2,1H3,(H,20,21,23). The van der Waals surface area contributed by atoms with Gasteiger partial charge in [-0.1, -0.05) is 64.5 Å². The first-order chi connectivity index (χ1) is 12.6. The molecular weight excluding hydrogens is 413 g/mol. The quantitative estimate of drug-likeness (QED) is 0.423. The molecule has 3 rings (SSSR count). The van der Waals surface area contributed by atoms with Gasteiger partial charge in [0.1, 0.15) is 5.75 Å². The first-order valence-corrected chi connectivity index (χ1v) is 9.97. The van der Waals surface area contributed by atoms with Crippen LogP contribution in [0.15, 0.2) is 46.8 Å². The Kier molecular flexibility index (Phi) is 6.37. The molecule has 0 spiro atoms. The summed E-state index contributed by atoms with van der Waals surface area (Å²) in [7, 11) is 1.49. The van der Waals surface area contributed by atoms with Crippen LogP contribution in [0.3, 0.4) is 0 Å². The molecule has 1 N–H and O–H groups in total. The summed E-state index contributed by atoms with van der Waals surface area (Å²) < 4.78 is 5.93. The third-order valence-corrected chi connectivity index (χ3v) is 5.97. The van der Waals surface area contributed by atoms with Crippen LogP contribution in [-0.4, -0.2) is 23.2 Å². The average molecular weight is 426 g/mol. The van der Waals surface area contributed by atoms with Gasteiger partial charge in [0, 0.05) is 15.8 Å². The lowest BCUT2D eigenvalue weighted by atomic mass is 10.2. The zero-order valence-electron chi connectivity index (χ0n) is 13.5. The number of halogens is 2. The minimum Gasteiger partial charge on any atom is -0.496 e. The van der Waals surface area contributed by atoms with Crippen LogP contribution in [0.4, 0.5) is 5.13 Å². The van der Waals surface area contributed by atoms with Gasteiger partial charge in [0.2, 0.25) is 5.13 Å². The van der Waals surface area contributed by atoms with E-state index >= 15 is 0 Å². The van der Waals surface area contributed by atoms with Gasteiger partial charge < -0.3 is 4.74 Å². The second kappa shape index (κ2) is 8.73. The molecular formula is C17H13Cl2N3O2S2. The van der Waals surface area contributed by atoms with Gasteiger partial charge in [0.25, 0.3) is 5.91 Å². The number of methoxy groups -OCH3 is 1. The van der Waals surface area contributed by atoms with E-state index in [1.54, 1.807) is 18.2 Å². The Morgan fingerprint density at radius 2 is 2.04 bits per heavy atom. The van der Waals surface area contributed by atoms with E-state index in [1.165, 1.54) is 30.2 Å². The van der Waals surface area contributed by atoms with Crippen molar-refractivity contribution in [1.82, 2.24) is 10.2 Å². The number of benzene rings is 2. The minimum absolute atomic E-state index is 0.334. The molecule has 0 aliphatic heterocycles. The van der Waals surface area contributed by atoms with Crippen LogP contribution >= 0.6 is 46.3 Å². The number of aromatic nitrogens is 2. The number of carbonyl (C=O) groups excluding carboxylic acids is 1. The van der Waals surface area contributed by atoms with E-state index in [9.17, 15) is 4.79 Å². The third kappa shape index (κ3) is 4.67. The van der Waals surface area contributed by atoms with Crippen molar-refractivity contribution in [2.24, 2.45) is 0 Å². The number of hydrogen-bond acceptors (Lipinski definition) is 6. The Labute approximate surface area is 168 Å². The van der Waals surface area contributed by atoms with E-state index in [4.69, 9.17) is 27.9 Å². The molecule has 134 valence electrons. The predicted molar refractivity (Wildman–Crippen MR) is 107 cm³/mol. The molecule has 0 aliphatic rings. The molecule has 3 aromatic rings. The maximum atomic E-state index is 12.4. The highest BCUT2D eigenvalue weighted by atomic mass is 35.5. The molecule has 0 atom stereocenters. The van der Waals surface area contributed by atoms with Crippen molar-refractivity contribution in [2.45, 2.75) is 10.1 Å². The summed E-state index contributed by atoms with van der Waals surface area (Å²) >= 11 is 14.9. The lowest BCUT2D eigenvalue weighted by Crippen LogP contribution is -2.13. The van der Waals surface area contributed by atoms with Gasteiger partial charge in [-0.2, -0.15) is 0 Å². The van der Waals surface area contributed by atoms with Gasteiger partial charge >= 0.3 is 0 Å². The predicted octanol–water partition coefficient (Wildman–Crippen LogP) is 5.40. The lowest BCUT2D eigenvalue weighted by Gasteiger charge is -2.07. The number of ether oxygens (including phenoxy) is 1. The van der Waals surface area contributed by atoms with Crippen LogP contribution < -0.4 is 10.1 Å². The van der Waals surface area contributed by atoms with E-state index in [2.05, 4.69) is 15.5 Å². The van der Waals surface area contributed by atoms with Crippen molar-refractivity contribution >= 4 is 57.3 Å². The zero-order valence-corrected chi connectivity index (χ0v) is 16.7. The number of hydrogen-bond donors (Lipinski definition) is 1. The van der Waals surface area contributed by atoms with E-state index in [-0.39, 0.29) is 5.91 Å². The topological polar surface area (TPSA) is 64.1 Å². The van der Waals surface area contributed by atoms with Gasteiger partial charge in [-0.25, -0.2) is 0 Å². The van der Waals surface area contributed by atoms with Crippen molar-refractivity contribution < 1.29 is 9.53 Å². The molecule has 0 bridgehead atoms. The number of nitrogens with zero attached hydrogens (tertiary/aromatic N) is 2. The Morgan fingerprint density at radius 1 is 1.23 bits per heavy atom. The lowest BCUT2D eigenvalue weighted by molar-refractivity contribution is 0.102. The summed E-state index contributed by atoms with van der Waals surface area (Å²) in [5.41, 5.74) is 1.35. The molecule has 0 aliphatic carbocycles. The number of nitrogens with one attached hydrogen (secondary N) is 1. The molecule has 1 heterocycles. The van der Waals surface area contributed by atoms with Crippen molar-refractivity contribution in [1.29, 1.82) is 0 Å². The smallest absolute Gasteiger partial charge is 0.261 e. The first kappa shape index (κ1) is 19.0. The molecule has 1 aromatic heterocycles. The minimum atomic E-state index is -0.358. The molecule has 0 saturated heterocycles. The second-order valence-corrected chi connectivity index (χ2v) is 8.10. The molecule has 2 aromatic carbocycles. The Morgan fingerprint density at radius 3 is 2.81 bits per heavy atom.